The molecule has 0 aliphatic carbocycles. The normalized spacial score (nSPS) is 11.7. The Morgan fingerprint density at radius 2 is 0.510 bits per heavy atom. The summed E-state index contributed by atoms with van der Waals surface area (Å²) in [6, 6.07) is 62.9. The minimum atomic E-state index is -4.59. The minimum Gasteiger partial charge on any atom is -0.429 e. The summed E-state index contributed by atoms with van der Waals surface area (Å²) in [6.45, 7) is 6.12. The van der Waals surface area contributed by atoms with Crippen LogP contribution in [0.1, 0.15) is 73.4 Å². The predicted molar refractivity (Wildman–Crippen MR) is 495 cm³/mol. The molecule has 0 radical (unpaired) electrons. The first-order chi connectivity index (χ1) is 68.2. The molecule has 18 aromatic rings. The summed E-state index contributed by atoms with van der Waals surface area (Å²) < 4.78 is 392. The van der Waals surface area contributed by atoms with Crippen molar-refractivity contribution in [3.05, 3.63) is 447 Å². The van der Waals surface area contributed by atoms with Gasteiger partial charge in [0.2, 0.25) is 0 Å². The Morgan fingerprint density at radius 1 is 0.189 bits per heavy atom. The van der Waals surface area contributed by atoms with E-state index >= 15 is 48.3 Å². The summed E-state index contributed by atoms with van der Waals surface area (Å²) >= 11 is 0. The number of hydrogen-bond acceptors (Lipinski definition) is 3. The van der Waals surface area contributed by atoms with E-state index in [0.29, 0.717) is 105 Å². The van der Waals surface area contributed by atoms with Gasteiger partial charge in [-0.3, -0.25) is 0 Å². The maximum absolute atomic E-state index is 15.7. The van der Waals surface area contributed by atoms with Crippen LogP contribution < -0.4 is 14.2 Å². The molecule has 0 saturated heterocycles. The molecule has 18 rings (SSSR count). The first kappa shape index (κ1) is 100. The highest BCUT2D eigenvalue weighted by atomic mass is 19.3. The number of alkyl halides is 6. The molecule has 0 spiro atoms. The maximum atomic E-state index is 15.7. The van der Waals surface area contributed by atoms with Crippen LogP contribution in [0, 0.1) is 116 Å². The zero-order chi connectivity index (χ0) is 102. The van der Waals surface area contributed by atoms with Crippen molar-refractivity contribution in [3.8, 4) is 117 Å². The largest absolute Gasteiger partial charge is 0.432 e. The van der Waals surface area contributed by atoms with E-state index in [2.05, 4.69) is 21.1 Å². The average molecular weight is 1980 g/mol. The molecule has 29 heteroatoms. The Balaban J connectivity index is 0.000000154. The molecule has 0 saturated carbocycles. The molecule has 0 aliphatic rings. The fourth-order valence-electron chi connectivity index (χ4n) is 16.5. The molecule has 0 aromatic heterocycles. The Labute approximate surface area is 798 Å². The van der Waals surface area contributed by atoms with E-state index < -0.39 is 190 Å². The second kappa shape index (κ2) is 41.2. The second-order valence-electron chi connectivity index (χ2n) is 33.2. The van der Waals surface area contributed by atoms with Crippen molar-refractivity contribution >= 4 is 32.3 Å². The Hall–Kier alpha value is -15.7. The molecule has 0 fully saturated rings. The van der Waals surface area contributed by atoms with Gasteiger partial charge in [-0.1, -0.05) is 240 Å². The zero-order valence-corrected chi connectivity index (χ0v) is 74.6. The van der Waals surface area contributed by atoms with E-state index in [4.69, 9.17) is 0 Å². The molecule has 143 heavy (non-hydrogen) atoms. The fourth-order valence-corrected chi connectivity index (χ4v) is 16.5. The van der Waals surface area contributed by atoms with Crippen molar-refractivity contribution in [2.45, 2.75) is 77.6 Å². The molecule has 0 N–H and O–H groups in total. The fraction of sp³-hybridized carbons (Fsp3) is 0.105. The molecule has 0 atom stereocenters. The number of halogens is 26. The first-order valence-corrected chi connectivity index (χ1v) is 44.0. The number of benzene rings is 18. The summed E-state index contributed by atoms with van der Waals surface area (Å²) in [7, 11) is 0. The lowest BCUT2D eigenvalue weighted by atomic mass is 9.94. The smallest absolute Gasteiger partial charge is 0.429 e. The highest BCUT2D eigenvalue weighted by molar-refractivity contribution is 5.95. The van der Waals surface area contributed by atoms with Crippen LogP contribution in [0.3, 0.4) is 0 Å². The van der Waals surface area contributed by atoms with E-state index in [9.17, 15) is 65.9 Å². The van der Waals surface area contributed by atoms with Gasteiger partial charge in [0.05, 0.1) is 27.3 Å². The van der Waals surface area contributed by atoms with Crippen LogP contribution >= 0.6 is 0 Å². The molecule has 726 valence electrons. The Kier molecular flexibility index (Phi) is 28.9. The SMILES string of the molecule is CCCc1ccc(-c2cc3ccc(-c4ccc(-c5cc(F)c(C(F)(F)Oc6ccc(F)c(F)c6)c(F)c5)cc4)c(F)c3c(F)c2F)cc1.CCCc1ccc(-c2ccc(-c3ccc(-c4ccc(C(F)(F)Oc5cc(F)c6c(F)c(F)c(F)cc6c5)c(F)c4)cc3)c(F)c2F)cc1.CCCc1ccc(-c2ccc3cc(-c4ccc(-c5ccc(C(F)(F)Oc6cc(F)c(F)c(F)c6)cc5)cc4)c(F)c(F)c3c2F)cc1. The third-order valence-corrected chi connectivity index (χ3v) is 23.7. The lowest BCUT2D eigenvalue weighted by Gasteiger charge is -2.20. The van der Waals surface area contributed by atoms with Crippen LogP contribution in [0.2, 0.25) is 0 Å². The van der Waals surface area contributed by atoms with Crippen LogP contribution in [0.15, 0.2) is 297 Å². The van der Waals surface area contributed by atoms with Crippen molar-refractivity contribution in [2.24, 2.45) is 0 Å². The molecule has 0 unspecified atom stereocenters. The van der Waals surface area contributed by atoms with Gasteiger partial charge in [0.1, 0.15) is 57.7 Å². The Morgan fingerprint density at radius 3 is 0.937 bits per heavy atom. The van der Waals surface area contributed by atoms with Gasteiger partial charge in [-0.2, -0.15) is 26.3 Å². The van der Waals surface area contributed by atoms with Gasteiger partial charge in [0.25, 0.3) is 0 Å². The molecule has 0 bridgehead atoms. The maximum Gasteiger partial charge on any atom is 0.432 e. The standard InChI is InChI=1S/2C38H23F9O.C38H24F8O/c1-2-3-20-4-6-22(7-5-20)27-13-14-28(35(43)34(27)42)23-10-8-21(9-11-23)24-12-15-29(30(39)17-24)38(46,47)48-26-16-25-18-32(41)36(44)37(45)33(25)31(40)19-26;1-2-3-20-4-6-23(7-5-20)28-16-24-12-14-27(35(43)33(24)37(45)36(28)44)22-10-8-21(9-11-22)25-17-31(41)34(32(42)18-25)38(46,47)48-26-13-15-29(39)30(40)19-26;1-2-3-21-4-6-24(7-5-21)29-17-14-26-18-30(35(42)37(44)33(26)34(29)41)25-10-8-22(9-11-25)23-12-15-27(16-13-23)38(45,46)47-28-19-31(39)36(43)32(40)20-28/h2*4-19H,2-3H2,1H3;4-20H,2-3H2,1H3. The van der Waals surface area contributed by atoms with Crippen molar-refractivity contribution in [1.82, 2.24) is 0 Å². The molecule has 3 nitrogen and oxygen atoms in total. The summed E-state index contributed by atoms with van der Waals surface area (Å²) in [5.41, 5.74) is 3.61. The van der Waals surface area contributed by atoms with Crippen LogP contribution in [0.5, 0.6) is 17.2 Å². The quantitative estimate of drug-likeness (QED) is 0.0446. The van der Waals surface area contributed by atoms with Gasteiger partial charge in [0, 0.05) is 57.6 Å². The minimum absolute atomic E-state index is 0.00976. The topological polar surface area (TPSA) is 27.7 Å². The second-order valence-corrected chi connectivity index (χ2v) is 33.2. The number of fused-ring (bicyclic) bond motifs is 3. The summed E-state index contributed by atoms with van der Waals surface area (Å²) in [6.07, 6.45) is -7.54. The average Bonchev–Trinajstić information content (AvgIpc) is 0.753. The van der Waals surface area contributed by atoms with Gasteiger partial charge in [-0.15, -0.1) is 0 Å². The van der Waals surface area contributed by atoms with E-state index in [1.54, 1.807) is 48.5 Å². The van der Waals surface area contributed by atoms with E-state index in [1.165, 1.54) is 127 Å². The molecule has 18 aromatic carbocycles. The Bertz CT molecular complexity index is 7830. The predicted octanol–water partition coefficient (Wildman–Crippen LogP) is 35.5. The van der Waals surface area contributed by atoms with Crippen LogP contribution in [0.25, 0.3) is 132 Å². The van der Waals surface area contributed by atoms with Gasteiger partial charge in [-0.05, 0) is 192 Å². The number of aryl methyl sites for hydroxylation is 3. The number of hydrogen-bond donors (Lipinski definition) is 0. The molecular formula is C114H70F26O3. The van der Waals surface area contributed by atoms with Gasteiger partial charge >= 0.3 is 18.3 Å². The summed E-state index contributed by atoms with van der Waals surface area (Å²) in [5, 5.41) is -2.25. The highest BCUT2D eigenvalue weighted by Gasteiger charge is 2.43. The molecule has 0 amide bonds. The summed E-state index contributed by atoms with van der Waals surface area (Å²) in [4.78, 5) is 0. The third kappa shape index (κ3) is 20.9. The highest BCUT2D eigenvalue weighted by Crippen LogP contribution is 2.46. The molecular weight excluding hydrogens is 1910 g/mol. The van der Waals surface area contributed by atoms with Gasteiger partial charge in [-0.25, -0.2) is 87.8 Å². The number of ether oxygens (including phenoxy) is 3. The van der Waals surface area contributed by atoms with E-state index in [-0.39, 0.29) is 66.4 Å². The van der Waals surface area contributed by atoms with Crippen LogP contribution in [-0.2, 0) is 37.6 Å². The van der Waals surface area contributed by atoms with Crippen LogP contribution in [-0.4, -0.2) is 0 Å². The van der Waals surface area contributed by atoms with Crippen molar-refractivity contribution in [3.63, 3.8) is 0 Å². The van der Waals surface area contributed by atoms with Gasteiger partial charge < -0.3 is 14.2 Å². The van der Waals surface area contributed by atoms with Gasteiger partial charge in [0.15, 0.2) is 81.4 Å². The molecule has 0 heterocycles. The van der Waals surface area contributed by atoms with E-state index in [1.807, 2.05) is 50.2 Å². The lowest BCUT2D eigenvalue weighted by molar-refractivity contribution is -0.190. The zero-order valence-electron chi connectivity index (χ0n) is 74.6. The monoisotopic (exact) mass is 1980 g/mol. The number of rotatable bonds is 24. The molecule has 0 aliphatic heterocycles. The van der Waals surface area contributed by atoms with Crippen LogP contribution in [0.4, 0.5) is 114 Å². The first-order valence-electron chi connectivity index (χ1n) is 44.0. The van der Waals surface area contributed by atoms with Crippen molar-refractivity contribution in [1.29, 1.82) is 0 Å². The van der Waals surface area contributed by atoms with E-state index in [0.717, 1.165) is 79.5 Å². The lowest BCUT2D eigenvalue weighted by Crippen LogP contribution is -2.25. The summed E-state index contributed by atoms with van der Waals surface area (Å²) in [5.74, 6) is -31.4. The third-order valence-electron chi connectivity index (χ3n) is 23.7. The van der Waals surface area contributed by atoms with Crippen molar-refractivity contribution in [2.75, 3.05) is 0 Å². The van der Waals surface area contributed by atoms with Crippen molar-refractivity contribution < 1.29 is 128 Å².